The summed E-state index contributed by atoms with van der Waals surface area (Å²) in [6.45, 7) is 0. The molecule has 0 aliphatic carbocycles. The molecular formula is C17H12Cl2N4O. The van der Waals surface area contributed by atoms with E-state index >= 15 is 0 Å². The highest BCUT2D eigenvalue weighted by molar-refractivity contribution is 6.43. The largest absolute Gasteiger partial charge is 0.370 e. The lowest BCUT2D eigenvalue weighted by molar-refractivity contribution is 0.100. The molecule has 0 saturated heterocycles. The summed E-state index contributed by atoms with van der Waals surface area (Å²) in [6, 6.07) is 12.3. The molecule has 1 amide bonds. The van der Waals surface area contributed by atoms with Crippen LogP contribution in [-0.2, 0) is 0 Å². The molecule has 0 aliphatic heterocycles. The van der Waals surface area contributed by atoms with E-state index in [9.17, 15) is 4.79 Å². The van der Waals surface area contributed by atoms with E-state index in [0.717, 1.165) is 10.8 Å². The van der Waals surface area contributed by atoms with E-state index in [1.165, 1.54) is 0 Å². The van der Waals surface area contributed by atoms with E-state index in [1.807, 2.05) is 12.1 Å². The third-order valence-electron chi connectivity index (χ3n) is 3.45. The van der Waals surface area contributed by atoms with Crippen LogP contribution in [0.4, 0.5) is 0 Å². The number of nitrogens with two attached hydrogens (primary N) is 2. The molecule has 0 bridgehead atoms. The van der Waals surface area contributed by atoms with Crippen molar-refractivity contribution in [1.29, 1.82) is 0 Å². The van der Waals surface area contributed by atoms with Crippen LogP contribution in [0.2, 0.25) is 10.0 Å². The Hall–Kier alpha value is -2.63. The van der Waals surface area contributed by atoms with Crippen LogP contribution in [0.1, 0.15) is 10.4 Å². The van der Waals surface area contributed by atoms with E-state index in [4.69, 9.17) is 34.7 Å². The molecule has 3 aromatic rings. The zero-order valence-electron chi connectivity index (χ0n) is 12.3. The van der Waals surface area contributed by atoms with Gasteiger partial charge in [0.15, 0.2) is 5.96 Å². The van der Waals surface area contributed by atoms with Crippen LogP contribution >= 0.6 is 23.2 Å². The Balaban J connectivity index is 2.24. The summed E-state index contributed by atoms with van der Waals surface area (Å²) in [5, 5.41) is 2.48. The standard InChI is InChI=1S/C17H12Cl2N4O/c18-13-3-1-2-11(14(13)19)15-12-8-10(16(24)23-17(20)21)5-4-9(12)6-7-22-15/h1-8H,(H4,20,21,23,24). The average molecular weight is 359 g/mol. The van der Waals surface area contributed by atoms with Crippen LogP contribution in [0.3, 0.4) is 0 Å². The number of hydrogen-bond acceptors (Lipinski definition) is 2. The number of guanidine groups is 1. The number of halogens is 2. The molecule has 0 saturated carbocycles. The topological polar surface area (TPSA) is 94.4 Å². The second-order valence-corrected chi connectivity index (χ2v) is 5.82. The highest BCUT2D eigenvalue weighted by atomic mass is 35.5. The van der Waals surface area contributed by atoms with Gasteiger partial charge in [0, 0.05) is 22.7 Å². The number of pyridine rings is 1. The molecule has 7 heteroatoms. The van der Waals surface area contributed by atoms with Crippen molar-refractivity contribution in [3.8, 4) is 11.3 Å². The Labute approximate surface area is 147 Å². The van der Waals surface area contributed by atoms with Crippen LogP contribution in [0.5, 0.6) is 0 Å². The van der Waals surface area contributed by atoms with Crippen molar-refractivity contribution in [2.45, 2.75) is 0 Å². The minimum atomic E-state index is -0.524. The third-order valence-corrected chi connectivity index (χ3v) is 4.27. The molecule has 120 valence electrons. The highest BCUT2D eigenvalue weighted by Crippen LogP contribution is 2.36. The quantitative estimate of drug-likeness (QED) is 0.540. The van der Waals surface area contributed by atoms with Crippen LogP contribution in [0.15, 0.2) is 53.7 Å². The molecule has 1 aromatic heterocycles. The van der Waals surface area contributed by atoms with Gasteiger partial charge in [0.1, 0.15) is 0 Å². The number of rotatable bonds is 2. The zero-order valence-corrected chi connectivity index (χ0v) is 13.8. The first-order valence-corrected chi connectivity index (χ1v) is 7.70. The average Bonchev–Trinajstić information content (AvgIpc) is 2.56. The van der Waals surface area contributed by atoms with Gasteiger partial charge in [-0.1, -0.05) is 41.4 Å². The molecule has 1 heterocycles. The minimum absolute atomic E-state index is 0.288. The van der Waals surface area contributed by atoms with Gasteiger partial charge < -0.3 is 11.5 Å². The minimum Gasteiger partial charge on any atom is -0.370 e. The number of aromatic nitrogens is 1. The first-order valence-electron chi connectivity index (χ1n) is 6.94. The van der Waals surface area contributed by atoms with Gasteiger partial charge in [-0.15, -0.1) is 0 Å². The number of hydrogen-bond donors (Lipinski definition) is 2. The summed E-state index contributed by atoms with van der Waals surface area (Å²) in [4.78, 5) is 20.0. The van der Waals surface area contributed by atoms with E-state index < -0.39 is 5.91 Å². The third kappa shape index (κ3) is 3.04. The molecule has 3 rings (SSSR count). The molecule has 0 fully saturated rings. The van der Waals surface area contributed by atoms with E-state index in [0.29, 0.717) is 26.9 Å². The Morgan fingerprint density at radius 1 is 1.08 bits per heavy atom. The van der Waals surface area contributed by atoms with Gasteiger partial charge in [-0.2, -0.15) is 4.99 Å². The summed E-state index contributed by atoms with van der Waals surface area (Å²) in [7, 11) is 0. The fourth-order valence-electron chi connectivity index (χ4n) is 2.38. The number of carbonyl (C=O) groups excluding carboxylic acids is 1. The molecule has 4 N–H and O–H groups in total. The van der Waals surface area contributed by atoms with Crippen LogP contribution < -0.4 is 11.5 Å². The second-order valence-electron chi connectivity index (χ2n) is 5.04. The molecule has 0 radical (unpaired) electrons. The fourth-order valence-corrected chi connectivity index (χ4v) is 2.77. The monoisotopic (exact) mass is 358 g/mol. The van der Waals surface area contributed by atoms with Gasteiger partial charge in [0.25, 0.3) is 5.91 Å². The lowest BCUT2D eigenvalue weighted by Gasteiger charge is -2.09. The van der Waals surface area contributed by atoms with Gasteiger partial charge in [-0.3, -0.25) is 9.78 Å². The van der Waals surface area contributed by atoms with Gasteiger partial charge in [0.2, 0.25) is 0 Å². The maximum Gasteiger partial charge on any atom is 0.280 e. The molecule has 0 atom stereocenters. The van der Waals surface area contributed by atoms with E-state index in [2.05, 4.69) is 9.98 Å². The van der Waals surface area contributed by atoms with Crippen molar-refractivity contribution in [1.82, 2.24) is 4.98 Å². The maximum atomic E-state index is 12.1. The number of benzene rings is 2. The number of amides is 1. The van der Waals surface area contributed by atoms with Crippen LogP contribution in [0.25, 0.3) is 22.0 Å². The van der Waals surface area contributed by atoms with E-state index in [1.54, 1.807) is 36.5 Å². The van der Waals surface area contributed by atoms with Crippen LogP contribution in [0, 0.1) is 0 Å². The molecule has 24 heavy (non-hydrogen) atoms. The fraction of sp³-hybridized carbons (Fsp3) is 0. The number of fused-ring (bicyclic) bond motifs is 1. The zero-order chi connectivity index (χ0) is 17.3. The summed E-state index contributed by atoms with van der Waals surface area (Å²) < 4.78 is 0. The van der Waals surface area contributed by atoms with Gasteiger partial charge in [-0.25, -0.2) is 0 Å². The van der Waals surface area contributed by atoms with Crippen LogP contribution in [-0.4, -0.2) is 16.9 Å². The lowest BCUT2D eigenvalue weighted by atomic mass is 10.0. The first kappa shape index (κ1) is 16.2. The Morgan fingerprint density at radius 3 is 2.62 bits per heavy atom. The number of aliphatic imine (C=N–C) groups is 1. The van der Waals surface area contributed by atoms with Gasteiger partial charge in [-0.05, 0) is 29.7 Å². The SMILES string of the molecule is NC(N)=NC(=O)c1ccc2ccnc(-c3cccc(Cl)c3Cl)c2c1. The number of carbonyl (C=O) groups is 1. The van der Waals surface area contributed by atoms with Crippen molar-refractivity contribution in [3.05, 3.63) is 64.3 Å². The first-order chi connectivity index (χ1) is 11.5. The predicted molar refractivity (Wildman–Crippen MR) is 97.3 cm³/mol. The van der Waals surface area contributed by atoms with E-state index in [-0.39, 0.29) is 5.96 Å². The summed E-state index contributed by atoms with van der Waals surface area (Å²) in [5.74, 6) is -0.812. The van der Waals surface area contributed by atoms with Crippen molar-refractivity contribution >= 4 is 45.8 Å². The lowest BCUT2D eigenvalue weighted by Crippen LogP contribution is -2.24. The summed E-state index contributed by atoms with van der Waals surface area (Å²) in [6.07, 6.45) is 1.67. The molecule has 2 aromatic carbocycles. The molecule has 0 aliphatic rings. The maximum absolute atomic E-state index is 12.1. The summed E-state index contributed by atoms with van der Waals surface area (Å²) >= 11 is 12.4. The van der Waals surface area contributed by atoms with Gasteiger partial charge >= 0.3 is 0 Å². The van der Waals surface area contributed by atoms with Gasteiger partial charge in [0.05, 0.1) is 15.7 Å². The molecule has 5 nitrogen and oxygen atoms in total. The molecular weight excluding hydrogens is 347 g/mol. The van der Waals surface area contributed by atoms with Crippen molar-refractivity contribution < 1.29 is 4.79 Å². The van der Waals surface area contributed by atoms with Crippen molar-refractivity contribution in [2.75, 3.05) is 0 Å². The predicted octanol–water partition coefficient (Wildman–Crippen LogP) is 3.62. The second kappa shape index (κ2) is 6.47. The normalized spacial score (nSPS) is 10.6. The van der Waals surface area contributed by atoms with Crippen molar-refractivity contribution in [2.24, 2.45) is 16.5 Å². The van der Waals surface area contributed by atoms with Crippen molar-refractivity contribution in [3.63, 3.8) is 0 Å². The Kier molecular flexibility index (Phi) is 4.38. The Bertz CT molecular complexity index is 981. The summed E-state index contributed by atoms with van der Waals surface area (Å²) in [5.41, 5.74) is 12.2. The number of nitrogens with zero attached hydrogens (tertiary/aromatic N) is 2. The Morgan fingerprint density at radius 2 is 1.88 bits per heavy atom. The molecule has 0 spiro atoms. The molecule has 0 unspecified atom stereocenters. The smallest absolute Gasteiger partial charge is 0.280 e. The highest BCUT2D eigenvalue weighted by Gasteiger charge is 2.13.